The molecule has 66 valence electrons. The van der Waals surface area contributed by atoms with Gasteiger partial charge >= 0.3 is 0 Å². The Balaban J connectivity index is 2.48. The highest BCUT2D eigenvalue weighted by molar-refractivity contribution is 9.09. The summed E-state index contributed by atoms with van der Waals surface area (Å²) < 4.78 is 0. The van der Waals surface area contributed by atoms with E-state index < -0.39 is 0 Å². The van der Waals surface area contributed by atoms with Gasteiger partial charge in [0.05, 0.1) is 0 Å². The van der Waals surface area contributed by atoms with Gasteiger partial charge in [0.25, 0.3) is 0 Å². The Morgan fingerprint density at radius 2 is 2.00 bits per heavy atom. The van der Waals surface area contributed by atoms with E-state index in [0.717, 1.165) is 11.9 Å². The maximum atomic E-state index is 3.40. The Hall–Kier alpha value is -0.340. The second-order valence-electron chi connectivity index (χ2n) is 2.78. The molecule has 0 bridgehead atoms. The molecule has 0 aliphatic carbocycles. The largest absolute Gasteiger partial charge is 0.309 e. The van der Waals surface area contributed by atoms with Gasteiger partial charge in [-0.1, -0.05) is 46.3 Å². The molecule has 0 heterocycles. The molecule has 1 atom stereocenters. The molecule has 0 saturated heterocycles. The Labute approximate surface area is 82.3 Å². The number of hydrogen-bond donors (Lipinski definition) is 1. The van der Waals surface area contributed by atoms with Crippen molar-refractivity contribution in [2.45, 2.75) is 13.0 Å². The van der Waals surface area contributed by atoms with E-state index in [9.17, 15) is 0 Å². The number of benzene rings is 1. The summed E-state index contributed by atoms with van der Waals surface area (Å²) in [5, 5.41) is 4.41. The molecule has 0 fully saturated rings. The van der Waals surface area contributed by atoms with Gasteiger partial charge in [0.1, 0.15) is 0 Å². The van der Waals surface area contributed by atoms with E-state index in [1.54, 1.807) is 0 Å². The molecule has 0 saturated carbocycles. The quantitative estimate of drug-likeness (QED) is 0.781. The summed E-state index contributed by atoms with van der Waals surface area (Å²) in [5.41, 5.74) is 1.35. The average Bonchev–Trinajstić information content (AvgIpc) is 2.15. The summed E-state index contributed by atoms with van der Waals surface area (Å²) in [6.07, 6.45) is 0. The Kier molecular flexibility index (Phi) is 4.33. The van der Waals surface area contributed by atoms with E-state index in [1.807, 2.05) is 6.07 Å². The van der Waals surface area contributed by atoms with Crippen molar-refractivity contribution in [3.8, 4) is 0 Å². The topological polar surface area (TPSA) is 12.0 Å². The lowest BCUT2D eigenvalue weighted by Gasteiger charge is -2.12. The van der Waals surface area contributed by atoms with Crippen molar-refractivity contribution < 1.29 is 0 Å². The van der Waals surface area contributed by atoms with Crippen LogP contribution in [0.2, 0.25) is 0 Å². The first-order chi connectivity index (χ1) is 5.84. The van der Waals surface area contributed by atoms with Crippen molar-refractivity contribution in [3.63, 3.8) is 0 Å². The van der Waals surface area contributed by atoms with Gasteiger partial charge in [0.15, 0.2) is 0 Å². The zero-order chi connectivity index (χ0) is 8.81. The molecule has 1 nitrogen and oxygen atoms in total. The molecule has 2 heteroatoms. The first kappa shape index (κ1) is 9.75. The van der Waals surface area contributed by atoms with E-state index in [4.69, 9.17) is 0 Å². The highest BCUT2D eigenvalue weighted by Gasteiger charge is 2.01. The van der Waals surface area contributed by atoms with E-state index in [0.29, 0.717) is 6.04 Å². The predicted molar refractivity (Wildman–Crippen MR) is 56.7 cm³/mol. The van der Waals surface area contributed by atoms with Crippen molar-refractivity contribution in [1.82, 2.24) is 5.32 Å². The van der Waals surface area contributed by atoms with Crippen LogP contribution in [-0.4, -0.2) is 11.9 Å². The zero-order valence-corrected chi connectivity index (χ0v) is 8.84. The first-order valence-electron chi connectivity index (χ1n) is 4.19. The normalized spacial score (nSPS) is 12.8. The molecule has 1 rings (SSSR count). The minimum atomic E-state index is 0.448. The first-order valence-corrected chi connectivity index (χ1v) is 5.31. The van der Waals surface area contributed by atoms with Crippen LogP contribution in [0.3, 0.4) is 0 Å². The lowest BCUT2D eigenvalue weighted by molar-refractivity contribution is 0.602. The molecule has 0 amide bonds. The highest BCUT2D eigenvalue weighted by atomic mass is 79.9. The van der Waals surface area contributed by atoms with Crippen LogP contribution in [0.15, 0.2) is 30.3 Å². The number of nitrogens with one attached hydrogen (secondary N) is 1. The Morgan fingerprint density at radius 1 is 1.33 bits per heavy atom. The fraction of sp³-hybridized carbons (Fsp3) is 0.400. The van der Waals surface area contributed by atoms with Crippen molar-refractivity contribution in [3.05, 3.63) is 35.9 Å². The zero-order valence-electron chi connectivity index (χ0n) is 7.26. The maximum absolute atomic E-state index is 3.40. The summed E-state index contributed by atoms with van der Waals surface area (Å²) in [7, 11) is 0. The smallest absolute Gasteiger partial charge is 0.0292 e. The van der Waals surface area contributed by atoms with Crippen LogP contribution in [0.4, 0.5) is 0 Å². The van der Waals surface area contributed by atoms with Gasteiger partial charge in [0.2, 0.25) is 0 Å². The van der Waals surface area contributed by atoms with Gasteiger partial charge in [-0.3, -0.25) is 0 Å². The molecule has 1 aromatic carbocycles. The van der Waals surface area contributed by atoms with Crippen LogP contribution in [0.25, 0.3) is 0 Å². The van der Waals surface area contributed by atoms with E-state index in [2.05, 4.69) is 52.4 Å². The standard InChI is InChI=1S/C10H14BrN/c1-9(12-8-7-11)10-5-3-2-4-6-10/h2-6,9,12H,7-8H2,1H3/t9-/m1/s1. The second-order valence-corrected chi connectivity index (χ2v) is 3.57. The van der Waals surface area contributed by atoms with Crippen LogP contribution in [0.5, 0.6) is 0 Å². The van der Waals surface area contributed by atoms with Crippen LogP contribution in [-0.2, 0) is 0 Å². The Morgan fingerprint density at radius 3 is 2.58 bits per heavy atom. The van der Waals surface area contributed by atoms with E-state index in [-0.39, 0.29) is 0 Å². The molecule has 0 aliphatic heterocycles. The van der Waals surface area contributed by atoms with Gasteiger partial charge in [-0.15, -0.1) is 0 Å². The summed E-state index contributed by atoms with van der Waals surface area (Å²) in [6.45, 7) is 3.19. The minimum absolute atomic E-state index is 0.448. The molecule has 0 spiro atoms. The average molecular weight is 228 g/mol. The van der Waals surface area contributed by atoms with Gasteiger partial charge in [-0.2, -0.15) is 0 Å². The highest BCUT2D eigenvalue weighted by Crippen LogP contribution is 2.10. The molecular weight excluding hydrogens is 214 g/mol. The number of rotatable bonds is 4. The molecule has 0 radical (unpaired) electrons. The maximum Gasteiger partial charge on any atom is 0.0292 e. The molecular formula is C10H14BrN. The van der Waals surface area contributed by atoms with Gasteiger partial charge in [-0.25, -0.2) is 0 Å². The third kappa shape index (κ3) is 2.95. The molecule has 0 aromatic heterocycles. The van der Waals surface area contributed by atoms with Gasteiger partial charge in [0, 0.05) is 17.9 Å². The van der Waals surface area contributed by atoms with Crippen LogP contribution < -0.4 is 5.32 Å². The van der Waals surface area contributed by atoms with Gasteiger partial charge in [-0.05, 0) is 12.5 Å². The summed E-state index contributed by atoms with van der Waals surface area (Å²) in [4.78, 5) is 0. The Bertz CT molecular complexity index is 210. The second kappa shape index (κ2) is 5.33. The molecule has 0 unspecified atom stereocenters. The molecule has 12 heavy (non-hydrogen) atoms. The third-order valence-electron chi connectivity index (χ3n) is 1.84. The van der Waals surface area contributed by atoms with Crippen molar-refractivity contribution >= 4 is 15.9 Å². The summed E-state index contributed by atoms with van der Waals surface area (Å²) in [5.74, 6) is 0. The lowest BCUT2D eigenvalue weighted by atomic mass is 10.1. The summed E-state index contributed by atoms with van der Waals surface area (Å²) >= 11 is 3.39. The fourth-order valence-electron chi connectivity index (χ4n) is 1.13. The van der Waals surface area contributed by atoms with E-state index >= 15 is 0 Å². The SMILES string of the molecule is C[C@@H](NCCBr)c1ccccc1. The lowest BCUT2D eigenvalue weighted by Crippen LogP contribution is -2.20. The fourth-order valence-corrected chi connectivity index (χ4v) is 1.36. The molecule has 0 aliphatic rings. The summed E-state index contributed by atoms with van der Waals surface area (Å²) in [6, 6.07) is 10.9. The number of hydrogen-bond acceptors (Lipinski definition) is 1. The molecule has 1 aromatic rings. The third-order valence-corrected chi connectivity index (χ3v) is 2.24. The van der Waals surface area contributed by atoms with Gasteiger partial charge < -0.3 is 5.32 Å². The van der Waals surface area contributed by atoms with Crippen LogP contribution in [0, 0.1) is 0 Å². The predicted octanol–water partition coefficient (Wildman–Crippen LogP) is 2.73. The van der Waals surface area contributed by atoms with Crippen molar-refractivity contribution in [2.75, 3.05) is 11.9 Å². The van der Waals surface area contributed by atoms with Crippen LogP contribution >= 0.6 is 15.9 Å². The minimum Gasteiger partial charge on any atom is -0.309 e. The number of alkyl halides is 1. The van der Waals surface area contributed by atoms with Crippen molar-refractivity contribution in [2.24, 2.45) is 0 Å². The monoisotopic (exact) mass is 227 g/mol. The number of halogens is 1. The van der Waals surface area contributed by atoms with Crippen molar-refractivity contribution in [1.29, 1.82) is 0 Å². The molecule has 1 N–H and O–H groups in total. The van der Waals surface area contributed by atoms with Crippen LogP contribution in [0.1, 0.15) is 18.5 Å². The van der Waals surface area contributed by atoms with E-state index in [1.165, 1.54) is 5.56 Å².